The van der Waals surface area contributed by atoms with E-state index in [1.807, 2.05) is 49.7 Å². The van der Waals surface area contributed by atoms with E-state index in [4.69, 9.17) is 29.0 Å². The van der Waals surface area contributed by atoms with Gasteiger partial charge in [-0.2, -0.15) is 5.10 Å². The van der Waals surface area contributed by atoms with Crippen molar-refractivity contribution in [2.24, 2.45) is 0 Å². The van der Waals surface area contributed by atoms with Crippen LogP contribution in [0.4, 0.5) is 16.4 Å². The minimum Gasteiger partial charge on any atom is -0.497 e. The van der Waals surface area contributed by atoms with Crippen molar-refractivity contribution >= 4 is 34.7 Å². The first kappa shape index (κ1) is 33.6. The number of aromatic nitrogens is 4. The van der Waals surface area contributed by atoms with Crippen LogP contribution in [0.1, 0.15) is 56.0 Å². The van der Waals surface area contributed by atoms with Gasteiger partial charge in [0.2, 0.25) is 0 Å². The van der Waals surface area contributed by atoms with Crippen LogP contribution in [0, 0.1) is 0 Å². The van der Waals surface area contributed by atoms with Gasteiger partial charge in [0.15, 0.2) is 11.5 Å². The fourth-order valence-electron chi connectivity index (χ4n) is 5.75. The smallest absolute Gasteiger partial charge is 0.410 e. The number of nitrogens with zero attached hydrogens (tertiary/aromatic N) is 5. The Morgan fingerprint density at radius 1 is 0.902 bits per heavy atom. The highest BCUT2D eigenvalue weighted by atomic mass is 16.6. The van der Waals surface area contributed by atoms with E-state index >= 15 is 0 Å². The summed E-state index contributed by atoms with van der Waals surface area (Å²) in [5, 5.41) is 12.0. The van der Waals surface area contributed by atoms with Crippen molar-refractivity contribution < 1.29 is 28.5 Å². The number of nitrogens with one attached hydrogen (secondary N) is 2. The zero-order valence-electron chi connectivity index (χ0n) is 29.1. The number of anilines is 2. The number of likely N-dealkylation sites (tertiary alicyclic amines) is 1. The molecule has 264 valence electrons. The fourth-order valence-corrected chi connectivity index (χ4v) is 5.75. The van der Waals surface area contributed by atoms with Crippen LogP contribution in [0.5, 0.6) is 23.0 Å². The Labute approximate surface area is 295 Å². The number of rotatable bonds is 11. The largest absolute Gasteiger partial charge is 0.497 e. The third-order valence-electron chi connectivity index (χ3n) is 8.41. The topological polar surface area (TPSA) is 142 Å². The van der Waals surface area contributed by atoms with E-state index in [0.29, 0.717) is 65.1 Å². The summed E-state index contributed by atoms with van der Waals surface area (Å²) in [6.45, 7) is 7.07. The molecule has 5 aromatic rings. The SMILES string of the molecule is COc1ccc(Cn2nc(NC3CCN(C(=O)OC(C)(C)C)C3)c3c(Oc4ccc(C(=O)Nc5cc(OC6CC6)ccn5)cc4)ccnc32)cc1. The highest BCUT2D eigenvalue weighted by Crippen LogP contribution is 2.36. The van der Waals surface area contributed by atoms with Gasteiger partial charge in [-0.1, -0.05) is 12.1 Å². The Morgan fingerprint density at radius 2 is 1.65 bits per heavy atom. The predicted octanol–water partition coefficient (Wildman–Crippen LogP) is 6.89. The molecular weight excluding hydrogens is 650 g/mol. The number of hydrogen-bond donors (Lipinski definition) is 2. The summed E-state index contributed by atoms with van der Waals surface area (Å²) < 4.78 is 25.0. The lowest BCUT2D eigenvalue weighted by Crippen LogP contribution is -2.36. The van der Waals surface area contributed by atoms with Crippen molar-refractivity contribution in [1.82, 2.24) is 24.6 Å². The molecule has 51 heavy (non-hydrogen) atoms. The summed E-state index contributed by atoms with van der Waals surface area (Å²) in [5.74, 6) is 3.23. The van der Waals surface area contributed by atoms with E-state index < -0.39 is 5.60 Å². The van der Waals surface area contributed by atoms with Crippen LogP contribution in [-0.2, 0) is 11.3 Å². The van der Waals surface area contributed by atoms with E-state index in [-0.39, 0.29) is 24.1 Å². The van der Waals surface area contributed by atoms with Gasteiger partial charge in [-0.05, 0) is 88.1 Å². The molecule has 3 aromatic heterocycles. The fraction of sp³-hybridized carbons (Fsp3) is 0.342. The molecule has 13 nitrogen and oxygen atoms in total. The number of pyridine rings is 2. The molecule has 0 radical (unpaired) electrons. The normalized spacial score (nSPS) is 15.8. The maximum atomic E-state index is 13.0. The molecule has 1 atom stereocenters. The first-order valence-electron chi connectivity index (χ1n) is 17.0. The number of carbonyl (C=O) groups is 2. The van der Waals surface area contributed by atoms with Crippen molar-refractivity contribution in [3.05, 3.63) is 90.3 Å². The van der Waals surface area contributed by atoms with Gasteiger partial charge >= 0.3 is 6.09 Å². The molecule has 2 amide bonds. The standard InChI is InChI=1S/C38H41N7O6/c1-38(2,3)51-37(47)44-20-17-26(23-44)41-34-33-31(16-19-40-35(33)45(43-34)22-24-5-9-27(48-4)10-6-24)50-29-11-7-25(8-12-29)36(46)42-32-21-30(15-18-39-32)49-28-13-14-28/h5-12,15-16,18-19,21,26,28H,13-14,17,20,22-23H2,1-4H3,(H,41,43)(H,39,42,46). The number of fused-ring (bicyclic) bond motifs is 1. The van der Waals surface area contributed by atoms with E-state index in [1.165, 1.54) is 0 Å². The maximum Gasteiger partial charge on any atom is 0.410 e. The van der Waals surface area contributed by atoms with Gasteiger partial charge < -0.3 is 34.5 Å². The van der Waals surface area contributed by atoms with E-state index in [1.54, 1.807) is 66.9 Å². The van der Waals surface area contributed by atoms with Crippen LogP contribution in [-0.4, -0.2) is 74.6 Å². The zero-order valence-corrected chi connectivity index (χ0v) is 29.1. The molecule has 4 heterocycles. The van der Waals surface area contributed by atoms with Gasteiger partial charge in [-0.3, -0.25) is 4.79 Å². The van der Waals surface area contributed by atoms with E-state index in [9.17, 15) is 9.59 Å². The van der Waals surface area contributed by atoms with Crippen molar-refractivity contribution in [2.45, 2.75) is 64.3 Å². The van der Waals surface area contributed by atoms with Crippen molar-refractivity contribution in [2.75, 3.05) is 30.8 Å². The molecule has 1 unspecified atom stereocenters. The second kappa shape index (κ2) is 14.2. The molecule has 2 fully saturated rings. The molecule has 1 aliphatic heterocycles. The third kappa shape index (κ3) is 8.31. The molecule has 2 N–H and O–H groups in total. The van der Waals surface area contributed by atoms with Gasteiger partial charge in [0.25, 0.3) is 5.91 Å². The number of ether oxygens (including phenoxy) is 4. The molecule has 2 aliphatic rings. The van der Waals surface area contributed by atoms with Crippen LogP contribution in [0.15, 0.2) is 79.1 Å². The number of hydrogen-bond acceptors (Lipinski definition) is 10. The molecule has 2 aromatic carbocycles. The van der Waals surface area contributed by atoms with Crippen LogP contribution < -0.4 is 24.8 Å². The van der Waals surface area contributed by atoms with Gasteiger partial charge in [-0.25, -0.2) is 19.4 Å². The molecule has 13 heteroatoms. The van der Waals surface area contributed by atoms with E-state index in [0.717, 1.165) is 30.6 Å². The average Bonchev–Trinajstić information content (AvgIpc) is 3.68. The molecule has 0 bridgehead atoms. The second-order valence-corrected chi connectivity index (χ2v) is 13.7. The number of carbonyl (C=O) groups excluding carboxylic acids is 2. The molecule has 0 spiro atoms. The monoisotopic (exact) mass is 691 g/mol. The summed E-state index contributed by atoms with van der Waals surface area (Å²) in [7, 11) is 1.64. The van der Waals surface area contributed by atoms with Crippen LogP contribution in [0.25, 0.3) is 11.0 Å². The highest BCUT2D eigenvalue weighted by Gasteiger charge is 2.31. The second-order valence-electron chi connectivity index (χ2n) is 13.7. The minimum absolute atomic E-state index is 0.0636. The molecule has 1 saturated heterocycles. The lowest BCUT2D eigenvalue weighted by Gasteiger charge is -2.24. The summed E-state index contributed by atoms with van der Waals surface area (Å²) in [6.07, 6.45) is 6.02. The minimum atomic E-state index is -0.577. The van der Waals surface area contributed by atoms with Crippen molar-refractivity contribution in [1.29, 1.82) is 0 Å². The van der Waals surface area contributed by atoms with E-state index in [2.05, 4.69) is 15.6 Å². The number of methoxy groups -OCH3 is 1. The number of benzene rings is 2. The molecule has 1 aliphatic carbocycles. The number of amides is 2. The quantitative estimate of drug-likeness (QED) is 0.150. The Bertz CT molecular complexity index is 2020. The van der Waals surface area contributed by atoms with Crippen LogP contribution >= 0.6 is 0 Å². The Balaban J connectivity index is 1.11. The van der Waals surface area contributed by atoms with Gasteiger partial charge in [0.05, 0.1) is 19.8 Å². The summed E-state index contributed by atoms with van der Waals surface area (Å²) in [6, 6.07) is 19.9. The van der Waals surface area contributed by atoms with Crippen LogP contribution in [0.3, 0.4) is 0 Å². The van der Waals surface area contributed by atoms with Gasteiger partial charge in [-0.15, -0.1) is 0 Å². The Hall–Kier alpha value is -5.85. The highest BCUT2D eigenvalue weighted by molar-refractivity contribution is 6.04. The summed E-state index contributed by atoms with van der Waals surface area (Å²) >= 11 is 0. The Morgan fingerprint density at radius 3 is 2.37 bits per heavy atom. The van der Waals surface area contributed by atoms with Crippen LogP contribution in [0.2, 0.25) is 0 Å². The summed E-state index contributed by atoms with van der Waals surface area (Å²) in [5.41, 5.74) is 1.52. The van der Waals surface area contributed by atoms with Crippen molar-refractivity contribution in [3.8, 4) is 23.0 Å². The maximum absolute atomic E-state index is 13.0. The van der Waals surface area contributed by atoms with Gasteiger partial charge in [0.1, 0.15) is 39.8 Å². The first-order chi connectivity index (χ1) is 24.6. The van der Waals surface area contributed by atoms with Gasteiger partial charge in [0, 0.05) is 49.2 Å². The lowest BCUT2D eigenvalue weighted by molar-refractivity contribution is 0.0293. The third-order valence-corrected chi connectivity index (χ3v) is 8.41. The lowest BCUT2D eigenvalue weighted by atomic mass is 10.2. The summed E-state index contributed by atoms with van der Waals surface area (Å²) in [4.78, 5) is 36.5. The van der Waals surface area contributed by atoms with Crippen molar-refractivity contribution in [3.63, 3.8) is 0 Å². The molecule has 7 rings (SSSR count). The Kier molecular flexibility index (Phi) is 9.35. The molecular formula is C38H41N7O6. The zero-order chi connectivity index (χ0) is 35.5. The predicted molar refractivity (Wildman–Crippen MR) is 192 cm³/mol. The first-order valence-corrected chi connectivity index (χ1v) is 17.0. The molecule has 1 saturated carbocycles. The average molecular weight is 692 g/mol.